The largest absolute Gasteiger partial charge is 0.330 e. The van der Waals surface area contributed by atoms with Gasteiger partial charge >= 0.3 is 0 Å². The van der Waals surface area contributed by atoms with Gasteiger partial charge < -0.3 is 5.73 Å². The van der Waals surface area contributed by atoms with Crippen molar-refractivity contribution in [3.05, 3.63) is 0 Å². The minimum atomic E-state index is -3.27. The summed E-state index contributed by atoms with van der Waals surface area (Å²) in [5.41, 5.74) is 5.63. The Morgan fingerprint density at radius 3 is 2.21 bits per heavy atom. The summed E-state index contributed by atoms with van der Waals surface area (Å²) in [5, 5.41) is 0. The molecule has 2 aliphatic rings. The van der Waals surface area contributed by atoms with Crippen LogP contribution in [0.25, 0.3) is 0 Å². The molecule has 2 rings (SSSR count). The average molecular weight is 289 g/mol. The monoisotopic (exact) mass is 289 g/mol. The van der Waals surface area contributed by atoms with Crippen LogP contribution in [-0.2, 0) is 10.2 Å². The summed E-state index contributed by atoms with van der Waals surface area (Å²) in [6.07, 6.45) is 8.14. The van der Waals surface area contributed by atoms with Crippen molar-refractivity contribution in [1.82, 2.24) is 8.61 Å². The molecule has 2 N–H and O–H groups in total. The first-order chi connectivity index (χ1) is 9.16. The van der Waals surface area contributed by atoms with Crippen LogP contribution in [0.15, 0.2) is 0 Å². The van der Waals surface area contributed by atoms with Crippen LogP contribution in [-0.4, -0.2) is 49.2 Å². The average Bonchev–Trinajstić information content (AvgIpc) is 2.69. The molecule has 0 saturated carbocycles. The second kappa shape index (κ2) is 7.02. The number of nitrogens with two attached hydrogens (primary N) is 1. The maximum atomic E-state index is 12.8. The highest BCUT2D eigenvalue weighted by Gasteiger charge is 2.35. The van der Waals surface area contributed by atoms with Gasteiger partial charge in [0.05, 0.1) is 0 Å². The molecule has 1 atom stereocenters. The van der Waals surface area contributed by atoms with Gasteiger partial charge in [0.1, 0.15) is 0 Å². The van der Waals surface area contributed by atoms with Crippen LogP contribution in [0.5, 0.6) is 0 Å². The van der Waals surface area contributed by atoms with E-state index in [1.165, 1.54) is 0 Å². The third-order valence-corrected chi connectivity index (χ3v) is 6.35. The molecule has 0 spiro atoms. The van der Waals surface area contributed by atoms with Crippen molar-refractivity contribution in [2.75, 3.05) is 26.2 Å². The molecule has 0 amide bonds. The molecular formula is C13H27N3O2S. The minimum absolute atomic E-state index is 0.118. The van der Waals surface area contributed by atoms with Crippen molar-refractivity contribution in [2.45, 2.75) is 57.4 Å². The lowest BCUT2D eigenvalue weighted by atomic mass is 10.0. The third kappa shape index (κ3) is 3.68. The highest BCUT2D eigenvalue weighted by molar-refractivity contribution is 7.86. The molecule has 2 heterocycles. The molecular weight excluding hydrogens is 262 g/mol. The lowest BCUT2D eigenvalue weighted by molar-refractivity contribution is 0.224. The van der Waals surface area contributed by atoms with Crippen LogP contribution in [0.2, 0.25) is 0 Å². The van der Waals surface area contributed by atoms with E-state index in [-0.39, 0.29) is 6.04 Å². The standard InChI is InChI=1S/C13H27N3O2S/c14-9-8-13-7-3-6-12-16(13)19(17,18)15-10-4-1-2-5-11-15/h13H,1-12,14H2. The van der Waals surface area contributed by atoms with E-state index < -0.39 is 10.2 Å². The van der Waals surface area contributed by atoms with Gasteiger partial charge in [-0.1, -0.05) is 19.3 Å². The van der Waals surface area contributed by atoms with Crippen LogP contribution < -0.4 is 5.73 Å². The van der Waals surface area contributed by atoms with E-state index in [2.05, 4.69) is 0 Å². The highest BCUT2D eigenvalue weighted by Crippen LogP contribution is 2.25. The van der Waals surface area contributed by atoms with E-state index in [1.807, 2.05) is 0 Å². The second-order valence-electron chi connectivity index (χ2n) is 5.66. The van der Waals surface area contributed by atoms with E-state index in [4.69, 9.17) is 5.73 Å². The lowest BCUT2D eigenvalue weighted by Crippen LogP contribution is -2.51. The van der Waals surface area contributed by atoms with Gasteiger partial charge in [-0.3, -0.25) is 0 Å². The first-order valence-electron chi connectivity index (χ1n) is 7.63. The van der Waals surface area contributed by atoms with E-state index in [9.17, 15) is 8.42 Å². The lowest BCUT2D eigenvalue weighted by Gasteiger charge is -2.37. The molecule has 0 aliphatic carbocycles. The predicted octanol–water partition coefficient (Wildman–Crippen LogP) is 1.31. The SMILES string of the molecule is NCCC1CCCCN1S(=O)(=O)N1CCCCCC1. The fourth-order valence-corrected chi connectivity index (χ4v) is 5.14. The van der Waals surface area contributed by atoms with Crippen molar-refractivity contribution in [3.63, 3.8) is 0 Å². The van der Waals surface area contributed by atoms with E-state index in [0.29, 0.717) is 26.2 Å². The zero-order chi connectivity index (χ0) is 13.7. The Labute approximate surface area is 117 Å². The number of piperidine rings is 1. The van der Waals surface area contributed by atoms with Crippen molar-refractivity contribution < 1.29 is 8.42 Å². The number of hydrogen-bond donors (Lipinski definition) is 1. The summed E-state index contributed by atoms with van der Waals surface area (Å²) >= 11 is 0. The van der Waals surface area contributed by atoms with Gasteiger partial charge in [-0.15, -0.1) is 0 Å². The summed E-state index contributed by atoms with van der Waals surface area (Å²) < 4.78 is 29.0. The Bertz CT molecular complexity index is 362. The molecule has 0 aromatic carbocycles. The zero-order valence-corrected chi connectivity index (χ0v) is 12.6. The van der Waals surface area contributed by atoms with E-state index in [1.54, 1.807) is 8.61 Å². The smallest absolute Gasteiger partial charge is 0.282 e. The maximum Gasteiger partial charge on any atom is 0.282 e. The number of hydrogen-bond acceptors (Lipinski definition) is 3. The fourth-order valence-electron chi connectivity index (χ4n) is 3.18. The summed E-state index contributed by atoms with van der Waals surface area (Å²) in [6.45, 7) is 2.61. The molecule has 2 aliphatic heterocycles. The van der Waals surface area contributed by atoms with Crippen LogP contribution in [0.1, 0.15) is 51.4 Å². The molecule has 0 aromatic rings. The van der Waals surface area contributed by atoms with Crippen LogP contribution in [0.4, 0.5) is 0 Å². The summed E-state index contributed by atoms with van der Waals surface area (Å²) in [4.78, 5) is 0. The van der Waals surface area contributed by atoms with Crippen molar-refractivity contribution in [3.8, 4) is 0 Å². The van der Waals surface area contributed by atoms with Crippen LogP contribution >= 0.6 is 0 Å². The maximum absolute atomic E-state index is 12.8. The fraction of sp³-hybridized carbons (Fsp3) is 1.00. The van der Waals surface area contributed by atoms with Crippen LogP contribution in [0, 0.1) is 0 Å². The Kier molecular flexibility index (Phi) is 5.62. The van der Waals surface area contributed by atoms with Crippen molar-refractivity contribution in [1.29, 1.82) is 0 Å². The molecule has 6 heteroatoms. The van der Waals surface area contributed by atoms with Gasteiger partial charge in [0.25, 0.3) is 10.2 Å². The quantitative estimate of drug-likeness (QED) is 0.848. The van der Waals surface area contributed by atoms with Crippen molar-refractivity contribution >= 4 is 10.2 Å². The molecule has 1 unspecified atom stereocenters. The topological polar surface area (TPSA) is 66.6 Å². The second-order valence-corrected chi connectivity index (χ2v) is 7.54. The Morgan fingerprint density at radius 1 is 0.947 bits per heavy atom. The Morgan fingerprint density at radius 2 is 1.58 bits per heavy atom. The van der Waals surface area contributed by atoms with Gasteiger partial charge in [-0.25, -0.2) is 0 Å². The Balaban J connectivity index is 2.11. The Hall–Kier alpha value is -0.170. The highest BCUT2D eigenvalue weighted by atomic mass is 32.2. The molecule has 5 nitrogen and oxygen atoms in total. The van der Waals surface area contributed by atoms with Gasteiger partial charge in [0.15, 0.2) is 0 Å². The van der Waals surface area contributed by atoms with Crippen molar-refractivity contribution in [2.24, 2.45) is 5.73 Å². The molecule has 0 bridgehead atoms. The van der Waals surface area contributed by atoms with Gasteiger partial charge in [0, 0.05) is 25.7 Å². The van der Waals surface area contributed by atoms with Gasteiger partial charge in [0.2, 0.25) is 0 Å². The summed E-state index contributed by atoms with van der Waals surface area (Å²) in [5.74, 6) is 0. The zero-order valence-electron chi connectivity index (χ0n) is 11.8. The number of rotatable bonds is 4. The summed E-state index contributed by atoms with van der Waals surface area (Å²) in [6, 6.07) is 0.118. The molecule has 0 aromatic heterocycles. The van der Waals surface area contributed by atoms with Crippen LogP contribution in [0.3, 0.4) is 0 Å². The summed E-state index contributed by atoms with van der Waals surface area (Å²) in [7, 11) is -3.27. The molecule has 19 heavy (non-hydrogen) atoms. The van der Waals surface area contributed by atoms with E-state index in [0.717, 1.165) is 51.4 Å². The molecule has 2 fully saturated rings. The normalized spacial score (nSPS) is 28.2. The third-order valence-electron chi connectivity index (χ3n) is 4.26. The molecule has 2 saturated heterocycles. The first-order valence-corrected chi connectivity index (χ1v) is 9.03. The minimum Gasteiger partial charge on any atom is -0.330 e. The predicted molar refractivity (Wildman–Crippen MR) is 77.0 cm³/mol. The van der Waals surface area contributed by atoms with Gasteiger partial charge in [-0.2, -0.15) is 17.0 Å². The molecule has 0 radical (unpaired) electrons. The van der Waals surface area contributed by atoms with Gasteiger partial charge in [-0.05, 0) is 38.6 Å². The molecule has 112 valence electrons. The number of nitrogens with zero attached hydrogens (tertiary/aromatic N) is 2. The van der Waals surface area contributed by atoms with E-state index >= 15 is 0 Å². The first kappa shape index (κ1) is 15.2.